The molecule has 0 bridgehead atoms. The van der Waals surface area contributed by atoms with Crippen LogP contribution in [0.1, 0.15) is 0 Å². The quantitative estimate of drug-likeness (QED) is 0.873. The van der Waals surface area contributed by atoms with Gasteiger partial charge in [-0.15, -0.1) is 0 Å². The zero-order valence-electron chi connectivity index (χ0n) is 8.94. The Labute approximate surface area is 101 Å². The number of nitrogens with zero attached hydrogens (tertiary/aromatic N) is 1. The van der Waals surface area contributed by atoms with Crippen molar-refractivity contribution in [2.75, 3.05) is 7.11 Å². The van der Waals surface area contributed by atoms with Crippen LogP contribution >= 0.6 is 11.6 Å². The normalized spacial score (nSPS) is 10.2. The van der Waals surface area contributed by atoms with E-state index in [0.717, 1.165) is 10.7 Å². The SMILES string of the molecule is COc1ccc(Cl)cc1-n1[nH]c(=O)ccc1=O. The molecular formula is C11H9ClN2O3. The number of H-pyrrole nitrogens is 1. The van der Waals surface area contributed by atoms with Crippen LogP contribution in [-0.2, 0) is 0 Å². The van der Waals surface area contributed by atoms with E-state index in [9.17, 15) is 9.59 Å². The van der Waals surface area contributed by atoms with Crippen LogP contribution < -0.4 is 15.9 Å². The van der Waals surface area contributed by atoms with Gasteiger partial charge in [-0.25, -0.2) is 4.68 Å². The number of halogens is 1. The molecule has 1 aromatic heterocycles. The summed E-state index contributed by atoms with van der Waals surface area (Å²) < 4.78 is 6.20. The van der Waals surface area contributed by atoms with Crippen molar-refractivity contribution >= 4 is 11.6 Å². The highest BCUT2D eigenvalue weighted by Gasteiger charge is 2.08. The minimum Gasteiger partial charge on any atom is -0.494 e. The van der Waals surface area contributed by atoms with Crippen molar-refractivity contribution in [3.63, 3.8) is 0 Å². The minimum absolute atomic E-state index is 0.370. The highest BCUT2D eigenvalue weighted by Crippen LogP contribution is 2.24. The molecule has 2 aromatic rings. The summed E-state index contributed by atoms with van der Waals surface area (Å²) in [4.78, 5) is 22.9. The highest BCUT2D eigenvalue weighted by atomic mass is 35.5. The first-order chi connectivity index (χ1) is 8.11. The van der Waals surface area contributed by atoms with E-state index in [1.807, 2.05) is 0 Å². The van der Waals surface area contributed by atoms with Crippen molar-refractivity contribution in [2.24, 2.45) is 0 Å². The molecule has 1 heterocycles. The van der Waals surface area contributed by atoms with Gasteiger partial charge in [-0.05, 0) is 18.2 Å². The van der Waals surface area contributed by atoms with Gasteiger partial charge < -0.3 is 4.74 Å². The van der Waals surface area contributed by atoms with Crippen molar-refractivity contribution in [3.05, 3.63) is 56.1 Å². The average Bonchev–Trinajstić information content (AvgIpc) is 2.32. The lowest BCUT2D eigenvalue weighted by Gasteiger charge is -2.10. The van der Waals surface area contributed by atoms with E-state index in [4.69, 9.17) is 16.3 Å². The predicted octanol–water partition coefficient (Wildman–Crippen LogP) is 1.19. The van der Waals surface area contributed by atoms with Crippen molar-refractivity contribution in [1.82, 2.24) is 9.78 Å². The summed E-state index contributed by atoms with van der Waals surface area (Å²) in [5.41, 5.74) is -0.362. The van der Waals surface area contributed by atoms with Gasteiger partial charge in [0.05, 0.1) is 7.11 Å². The Morgan fingerprint density at radius 2 is 2.00 bits per heavy atom. The van der Waals surface area contributed by atoms with E-state index in [0.29, 0.717) is 16.5 Å². The first-order valence-corrected chi connectivity index (χ1v) is 5.16. The molecule has 0 unspecified atom stereocenters. The molecule has 0 aliphatic carbocycles. The second kappa shape index (κ2) is 4.47. The summed E-state index contributed by atoms with van der Waals surface area (Å²) in [6.07, 6.45) is 0. The van der Waals surface area contributed by atoms with Gasteiger partial charge in [0.1, 0.15) is 11.4 Å². The second-order valence-corrected chi connectivity index (χ2v) is 3.74. The lowest BCUT2D eigenvalue weighted by atomic mass is 10.3. The van der Waals surface area contributed by atoms with Gasteiger partial charge in [0.2, 0.25) is 0 Å². The lowest BCUT2D eigenvalue weighted by Crippen LogP contribution is -2.26. The summed E-state index contributed by atoms with van der Waals surface area (Å²) in [5, 5.41) is 2.85. The monoisotopic (exact) mass is 252 g/mol. The number of nitrogens with one attached hydrogen (secondary N) is 1. The lowest BCUT2D eigenvalue weighted by molar-refractivity contribution is 0.411. The third-order valence-corrected chi connectivity index (χ3v) is 2.44. The molecule has 0 amide bonds. The number of benzene rings is 1. The highest BCUT2D eigenvalue weighted by molar-refractivity contribution is 6.30. The van der Waals surface area contributed by atoms with Gasteiger partial charge in [0, 0.05) is 17.2 Å². The number of methoxy groups -OCH3 is 1. The largest absolute Gasteiger partial charge is 0.494 e. The van der Waals surface area contributed by atoms with Crippen LogP contribution in [-0.4, -0.2) is 16.9 Å². The molecule has 6 heteroatoms. The molecule has 1 N–H and O–H groups in total. The smallest absolute Gasteiger partial charge is 0.270 e. The topological polar surface area (TPSA) is 64.1 Å². The number of aromatic nitrogens is 2. The van der Waals surface area contributed by atoms with E-state index < -0.39 is 0 Å². The maximum Gasteiger partial charge on any atom is 0.270 e. The maximum atomic E-state index is 11.6. The molecule has 5 nitrogen and oxygen atoms in total. The van der Waals surface area contributed by atoms with Gasteiger partial charge >= 0.3 is 0 Å². The first kappa shape index (κ1) is 11.5. The van der Waals surface area contributed by atoms with Gasteiger partial charge in [-0.1, -0.05) is 11.6 Å². The molecule has 2 rings (SSSR count). The number of rotatable bonds is 2. The summed E-state index contributed by atoms with van der Waals surface area (Å²) >= 11 is 5.85. The Hall–Kier alpha value is -2.01. The van der Waals surface area contributed by atoms with E-state index >= 15 is 0 Å². The minimum atomic E-state index is -0.383. The Bertz CT molecular complexity index is 660. The zero-order valence-corrected chi connectivity index (χ0v) is 9.69. The molecule has 17 heavy (non-hydrogen) atoms. The Morgan fingerprint density at radius 1 is 1.24 bits per heavy atom. The van der Waals surface area contributed by atoms with Crippen LogP contribution in [0.25, 0.3) is 5.69 Å². The van der Waals surface area contributed by atoms with Crippen molar-refractivity contribution in [3.8, 4) is 11.4 Å². The van der Waals surface area contributed by atoms with Gasteiger partial charge in [-0.3, -0.25) is 14.7 Å². The van der Waals surface area contributed by atoms with Crippen LogP contribution in [0.5, 0.6) is 5.75 Å². The van der Waals surface area contributed by atoms with Crippen molar-refractivity contribution in [1.29, 1.82) is 0 Å². The van der Waals surface area contributed by atoms with E-state index in [2.05, 4.69) is 5.10 Å². The Morgan fingerprint density at radius 3 is 2.71 bits per heavy atom. The van der Waals surface area contributed by atoms with Gasteiger partial charge in [0.25, 0.3) is 11.1 Å². The number of hydrogen-bond donors (Lipinski definition) is 1. The van der Waals surface area contributed by atoms with E-state index in [1.54, 1.807) is 12.1 Å². The van der Waals surface area contributed by atoms with Crippen LogP contribution in [0.3, 0.4) is 0 Å². The molecule has 1 aromatic carbocycles. The number of ether oxygens (including phenoxy) is 1. The second-order valence-electron chi connectivity index (χ2n) is 3.30. The van der Waals surface area contributed by atoms with Crippen LogP contribution in [0.2, 0.25) is 5.02 Å². The molecule has 0 radical (unpaired) electrons. The van der Waals surface area contributed by atoms with E-state index in [-0.39, 0.29) is 11.1 Å². The number of aromatic amines is 1. The van der Waals surface area contributed by atoms with Crippen molar-refractivity contribution < 1.29 is 4.74 Å². The Kier molecular flexibility index (Phi) is 3.01. The molecule has 0 saturated heterocycles. The molecule has 0 aliphatic rings. The average molecular weight is 253 g/mol. The van der Waals surface area contributed by atoms with Gasteiger partial charge in [-0.2, -0.15) is 0 Å². The summed E-state index contributed by atoms with van der Waals surface area (Å²) in [5.74, 6) is 0.443. The fourth-order valence-electron chi connectivity index (χ4n) is 1.44. The molecular weight excluding hydrogens is 244 g/mol. The zero-order chi connectivity index (χ0) is 12.4. The van der Waals surface area contributed by atoms with Gasteiger partial charge in [0.15, 0.2) is 0 Å². The van der Waals surface area contributed by atoms with Crippen molar-refractivity contribution in [2.45, 2.75) is 0 Å². The standard InChI is InChI=1S/C11H9ClN2O3/c1-17-9-3-2-7(12)6-8(9)14-11(16)5-4-10(15)13-14/h2-6H,1H3,(H,13,15). The summed E-state index contributed by atoms with van der Waals surface area (Å²) in [7, 11) is 1.47. The summed E-state index contributed by atoms with van der Waals surface area (Å²) in [6.45, 7) is 0. The molecule has 88 valence electrons. The first-order valence-electron chi connectivity index (χ1n) is 4.78. The fourth-order valence-corrected chi connectivity index (χ4v) is 1.61. The summed E-state index contributed by atoms with van der Waals surface area (Å²) in [6, 6.07) is 7.14. The van der Waals surface area contributed by atoms with E-state index in [1.165, 1.54) is 19.2 Å². The molecule has 0 atom stereocenters. The number of hydrogen-bond acceptors (Lipinski definition) is 3. The third-order valence-electron chi connectivity index (χ3n) is 2.20. The van der Waals surface area contributed by atoms with Crippen LogP contribution in [0, 0.1) is 0 Å². The van der Waals surface area contributed by atoms with Crippen LogP contribution in [0.4, 0.5) is 0 Å². The molecule has 0 saturated carbocycles. The van der Waals surface area contributed by atoms with Crippen LogP contribution in [0.15, 0.2) is 39.9 Å². The Balaban J connectivity index is 2.75. The maximum absolute atomic E-state index is 11.6. The third kappa shape index (κ3) is 2.24. The molecule has 0 spiro atoms. The molecule has 0 fully saturated rings. The molecule has 0 aliphatic heterocycles. The fraction of sp³-hybridized carbons (Fsp3) is 0.0909. The predicted molar refractivity (Wildman–Crippen MR) is 64.2 cm³/mol.